The molecule has 0 aliphatic rings. The van der Waals surface area contributed by atoms with Gasteiger partial charge in [0.2, 0.25) is 0 Å². The molecule has 0 amide bonds. The molecule has 0 heterocycles. The molecule has 3 nitrogen and oxygen atoms in total. The molecule has 15 heavy (non-hydrogen) atoms. The number of rotatable bonds is 4. The zero-order chi connectivity index (χ0) is 11.5. The maximum atomic E-state index is 11.6. The number of hydrogen-bond donors (Lipinski definition) is 2. The van der Waals surface area contributed by atoms with E-state index >= 15 is 0 Å². The zero-order valence-electron chi connectivity index (χ0n) is 9.16. The highest BCUT2D eigenvalue weighted by Crippen LogP contribution is 2.20. The second-order valence-electron chi connectivity index (χ2n) is 4.10. The minimum atomic E-state index is -0.918. The maximum Gasteiger partial charge on any atom is 0.164 e. The minimum Gasteiger partial charge on any atom is -0.386 e. The number of aliphatic hydroxyl groups is 1. The number of carbonyl (C=O) groups is 1. The Hall–Kier alpha value is -1.19. The molecule has 1 aromatic carbocycles. The lowest BCUT2D eigenvalue weighted by Gasteiger charge is -2.18. The van der Waals surface area contributed by atoms with Crippen molar-refractivity contribution in [3.8, 4) is 0 Å². The molecule has 3 N–H and O–H groups in total. The van der Waals surface area contributed by atoms with Gasteiger partial charge in [0, 0.05) is 12.0 Å². The van der Waals surface area contributed by atoms with Crippen LogP contribution >= 0.6 is 0 Å². The van der Waals surface area contributed by atoms with E-state index < -0.39 is 5.60 Å². The molecule has 0 unspecified atom stereocenters. The van der Waals surface area contributed by atoms with Gasteiger partial charge in [-0.15, -0.1) is 0 Å². The van der Waals surface area contributed by atoms with Crippen LogP contribution in [0.2, 0.25) is 0 Å². The third-order valence-electron chi connectivity index (χ3n) is 2.26. The van der Waals surface area contributed by atoms with Crippen molar-refractivity contribution < 1.29 is 9.90 Å². The first-order chi connectivity index (χ1) is 6.95. The Kier molecular flexibility index (Phi) is 3.61. The third kappa shape index (κ3) is 3.15. The number of benzene rings is 1. The maximum absolute atomic E-state index is 11.6. The van der Waals surface area contributed by atoms with Crippen LogP contribution in [0.25, 0.3) is 0 Å². The van der Waals surface area contributed by atoms with Crippen LogP contribution in [0.4, 0.5) is 0 Å². The molecular formula is C12H17NO2. The summed E-state index contributed by atoms with van der Waals surface area (Å²) >= 11 is 0. The topological polar surface area (TPSA) is 63.3 Å². The molecule has 1 aromatic rings. The van der Waals surface area contributed by atoms with Crippen LogP contribution in [0.15, 0.2) is 24.3 Å². The Morgan fingerprint density at radius 3 is 2.67 bits per heavy atom. The summed E-state index contributed by atoms with van der Waals surface area (Å²) in [5.41, 5.74) is 5.76. The lowest BCUT2D eigenvalue weighted by molar-refractivity contribution is 0.0784. The van der Waals surface area contributed by atoms with Gasteiger partial charge in [0.1, 0.15) is 0 Å². The fourth-order valence-electron chi connectivity index (χ4n) is 1.35. The zero-order valence-corrected chi connectivity index (χ0v) is 9.16. The molecule has 0 saturated heterocycles. The van der Waals surface area contributed by atoms with Crippen LogP contribution in [0, 0.1) is 0 Å². The van der Waals surface area contributed by atoms with Gasteiger partial charge >= 0.3 is 0 Å². The Morgan fingerprint density at radius 1 is 1.47 bits per heavy atom. The highest BCUT2D eigenvalue weighted by atomic mass is 16.3. The Labute approximate surface area is 89.9 Å². The van der Waals surface area contributed by atoms with Crippen LogP contribution in [0.5, 0.6) is 0 Å². The normalized spacial score (nSPS) is 11.5. The van der Waals surface area contributed by atoms with Crippen molar-refractivity contribution in [2.75, 3.05) is 6.54 Å². The molecule has 0 bridgehead atoms. The largest absolute Gasteiger partial charge is 0.386 e. The van der Waals surface area contributed by atoms with Gasteiger partial charge < -0.3 is 10.8 Å². The van der Waals surface area contributed by atoms with E-state index in [9.17, 15) is 9.90 Å². The Balaban J connectivity index is 2.98. The first kappa shape index (κ1) is 11.9. The van der Waals surface area contributed by atoms with Crippen molar-refractivity contribution in [1.29, 1.82) is 0 Å². The summed E-state index contributed by atoms with van der Waals surface area (Å²) in [5.74, 6) is 0.0172. The third-order valence-corrected chi connectivity index (χ3v) is 2.26. The molecule has 0 saturated carbocycles. The first-order valence-corrected chi connectivity index (χ1v) is 5.01. The van der Waals surface area contributed by atoms with Crippen LogP contribution < -0.4 is 5.73 Å². The molecule has 0 radical (unpaired) electrons. The number of ketones is 1. The second kappa shape index (κ2) is 4.55. The average molecular weight is 207 g/mol. The number of nitrogens with two attached hydrogens (primary N) is 1. The van der Waals surface area contributed by atoms with Crippen molar-refractivity contribution in [2.45, 2.75) is 25.9 Å². The predicted octanol–water partition coefficient (Wildman–Crippen LogP) is 1.45. The van der Waals surface area contributed by atoms with Crippen molar-refractivity contribution in [1.82, 2.24) is 0 Å². The van der Waals surface area contributed by atoms with Gasteiger partial charge in [0.25, 0.3) is 0 Å². The van der Waals surface area contributed by atoms with E-state index in [1.54, 1.807) is 38.1 Å². The van der Waals surface area contributed by atoms with E-state index in [-0.39, 0.29) is 5.78 Å². The number of carbonyl (C=O) groups excluding carboxylic acids is 1. The predicted molar refractivity (Wildman–Crippen MR) is 59.7 cm³/mol. The summed E-state index contributed by atoms with van der Waals surface area (Å²) < 4.78 is 0. The molecule has 82 valence electrons. The summed E-state index contributed by atoms with van der Waals surface area (Å²) in [7, 11) is 0. The lowest BCUT2D eigenvalue weighted by atomic mass is 9.95. The Bertz CT molecular complexity index is 353. The number of Topliss-reactive ketones (excluding diaryl/α,β-unsaturated/α-hetero) is 1. The molecule has 3 heteroatoms. The van der Waals surface area contributed by atoms with Crippen LogP contribution in [0.3, 0.4) is 0 Å². The van der Waals surface area contributed by atoms with E-state index in [4.69, 9.17) is 5.73 Å². The Morgan fingerprint density at radius 2 is 2.13 bits per heavy atom. The van der Waals surface area contributed by atoms with Gasteiger partial charge in [-0.3, -0.25) is 4.79 Å². The van der Waals surface area contributed by atoms with E-state index in [2.05, 4.69) is 0 Å². The van der Waals surface area contributed by atoms with E-state index in [1.807, 2.05) is 0 Å². The van der Waals surface area contributed by atoms with Crippen molar-refractivity contribution in [3.63, 3.8) is 0 Å². The van der Waals surface area contributed by atoms with Crippen LogP contribution in [-0.2, 0) is 5.60 Å². The van der Waals surface area contributed by atoms with Gasteiger partial charge in [0.15, 0.2) is 5.78 Å². The molecule has 0 fully saturated rings. The smallest absolute Gasteiger partial charge is 0.164 e. The minimum absolute atomic E-state index is 0.0172. The van der Waals surface area contributed by atoms with Gasteiger partial charge in [0.05, 0.1) is 5.60 Å². The van der Waals surface area contributed by atoms with Gasteiger partial charge in [-0.05, 0) is 32.0 Å². The van der Waals surface area contributed by atoms with Crippen LogP contribution in [0.1, 0.15) is 36.2 Å². The molecule has 1 rings (SSSR count). The fraction of sp³-hybridized carbons (Fsp3) is 0.417. The van der Waals surface area contributed by atoms with E-state index in [1.165, 1.54) is 0 Å². The van der Waals surface area contributed by atoms with Crippen molar-refractivity contribution in [2.24, 2.45) is 5.73 Å². The molecule has 0 spiro atoms. The standard InChI is InChI=1S/C12H17NO2/c1-12(2,15)10-5-3-4-9(8-10)11(14)6-7-13/h3-5,8,15H,6-7,13H2,1-2H3. The average Bonchev–Trinajstić information content (AvgIpc) is 2.17. The van der Waals surface area contributed by atoms with Gasteiger partial charge in [-0.25, -0.2) is 0 Å². The van der Waals surface area contributed by atoms with Gasteiger partial charge in [-0.2, -0.15) is 0 Å². The van der Waals surface area contributed by atoms with Crippen molar-refractivity contribution in [3.05, 3.63) is 35.4 Å². The van der Waals surface area contributed by atoms with Crippen molar-refractivity contribution >= 4 is 5.78 Å². The molecule has 0 aliphatic carbocycles. The molecule has 0 atom stereocenters. The highest BCUT2D eigenvalue weighted by molar-refractivity contribution is 5.96. The lowest BCUT2D eigenvalue weighted by Crippen LogP contribution is -2.16. The first-order valence-electron chi connectivity index (χ1n) is 5.01. The highest BCUT2D eigenvalue weighted by Gasteiger charge is 2.17. The number of hydrogen-bond acceptors (Lipinski definition) is 3. The SMILES string of the molecule is CC(C)(O)c1cccc(C(=O)CCN)c1. The molecule has 0 aromatic heterocycles. The summed E-state index contributed by atoms with van der Waals surface area (Å²) in [5, 5.41) is 9.79. The molecular weight excluding hydrogens is 190 g/mol. The monoisotopic (exact) mass is 207 g/mol. The quantitative estimate of drug-likeness (QED) is 0.734. The molecule has 0 aliphatic heterocycles. The summed E-state index contributed by atoms with van der Waals surface area (Å²) in [6.45, 7) is 3.74. The summed E-state index contributed by atoms with van der Waals surface area (Å²) in [4.78, 5) is 11.6. The van der Waals surface area contributed by atoms with Crippen LogP contribution in [-0.4, -0.2) is 17.4 Å². The summed E-state index contributed by atoms with van der Waals surface area (Å²) in [6, 6.07) is 7.04. The summed E-state index contributed by atoms with van der Waals surface area (Å²) in [6.07, 6.45) is 0.343. The van der Waals surface area contributed by atoms with E-state index in [0.29, 0.717) is 18.5 Å². The van der Waals surface area contributed by atoms with Gasteiger partial charge in [-0.1, -0.05) is 18.2 Å². The second-order valence-corrected chi connectivity index (χ2v) is 4.10. The fourth-order valence-corrected chi connectivity index (χ4v) is 1.35. The van der Waals surface area contributed by atoms with E-state index in [0.717, 1.165) is 5.56 Å².